The Morgan fingerprint density at radius 2 is 1.86 bits per heavy atom. The Labute approximate surface area is 126 Å². The van der Waals surface area contributed by atoms with Crippen molar-refractivity contribution in [3.63, 3.8) is 0 Å². The van der Waals surface area contributed by atoms with Crippen LogP contribution in [0.3, 0.4) is 0 Å². The van der Waals surface area contributed by atoms with E-state index >= 15 is 0 Å². The van der Waals surface area contributed by atoms with Crippen LogP contribution in [0.15, 0.2) is 54.6 Å². The van der Waals surface area contributed by atoms with Crippen LogP contribution in [-0.2, 0) is 0 Å². The van der Waals surface area contributed by atoms with Gasteiger partial charge in [-0.2, -0.15) is 0 Å². The van der Waals surface area contributed by atoms with Gasteiger partial charge in [-0.15, -0.1) is 0 Å². The zero-order valence-corrected chi connectivity index (χ0v) is 12.8. The number of amides is 1. The Hall–Kier alpha value is -2.29. The number of hydrogen-bond donors (Lipinski definition) is 1. The molecule has 0 saturated carbocycles. The second-order valence-corrected chi connectivity index (χ2v) is 5.14. The number of nitrogens with zero attached hydrogens (tertiary/aromatic N) is 1. The standard InChI is InChI=1S/C18H22N2O/c1-4-20(17-12-8-9-14(2)13-17)15(3)19-18(21)16-10-6-5-7-11-16/h5-13,15H,4H2,1-3H3,(H,19,21). The molecule has 3 heteroatoms. The molecule has 0 aromatic heterocycles. The largest absolute Gasteiger partial charge is 0.352 e. The summed E-state index contributed by atoms with van der Waals surface area (Å²) in [5.74, 6) is -0.0470. The molecule has 0 radical (unpaired) electrons. The first-order chi connectivity index (χ1) is 10.1. The molecule has 1 unspecified atom stereocenters. The first-order valence-electron chi connectivity index (χ1n) is 7.31. The normalized spacial score (nSPS) is 11.8. The molecule has 0 spiro atoms. The van der Waals surface area contributed by atoms with Crippen molar-refractivity contribution in [3.05, 3.63) is 65.7 Å². The third-order valence-corrected chi connectivity index (χ3v) is 3.52. The van der Waals surface area contributed by atoms with E-state index in [1.165, 1.54) is 5.56 Å². The van der Waals surface area contributed by atoms with Crippen LogP contribution in [0.4, 0.5) is 5.69 Å². The number of anilines is 1. The van der Waals surface area contributed by atoms with Crippen LogP contribution in [0.25, 0.3) is 0 Å². The van der Waals surface area contributed by atoms with E-state index in [9.17, 15) is 4.79 Å². The summed E-state index contributed by atoms with van der Waals surface area (Å²) in [6.45, 7) is 7.00. The van der Waals surface area contributed by atoms with Crippen LogP contribution in [0.5, 0.6) is 0 Å². The van der Waals surface area contributed by atoms with Crippen LogP contribution < -0.4 is 10.2 Å². The van der Waals surface area contributed by atoms with Gasteiger partial charge in [0, 0.05) is 17.8 Å². The second-order valence-electron chi connectivity index (χ2n) is 5.14. The van der Waals surface area contributed by atoms with Crippen molar-refractivity contribution >= 4 is 11.6 Å². The van der Waals surface area contributed by atoms with Crippen LogP contribution in [0, 0.1) is 6.92 Å². The van der Waals surface area contributed by atoms with E-state index in [1.54, 1.807) is 0 Å². The smallest absolute Gasteiger partial charge is 0.252 e. The van der Waals surface area contributed by atoms with Gasteiger partial charge in [0.05, 0.1) is 6.17 Å². The minimum atomic E-state index is -0.0653. The molecule has 0 saturated heterocycles. The molecule has 0 aliphatic rings. The van der Waals surface area contributed by atoms with Crippen LogP contribution in [0.1, 0.15) is 29.8 Å². The van der Waals surface area contributed by atoms with Crippen molar-refractivity contribution in [2.45, 2.75) is 26.9 Å². The summed E-state index contributed by atoms with van der Waals surface area (Å²) in [6.07, 6.45) is -0.0653. The average Bonchev–Trinajstić information content (AvgIpc) is 2.49. The average molecular weight is 282 g/mol. The fraction of sp³-hybridized carbons (Fsp3) is 0.278. The SMILES string of the molecule is CCN(c1cccc(C)c1)C(C)NC(=O)c1ccccc1. The maximum Gasteiger partial charge on any atom is 0.252 e. The summed E-state index contributed by atoms with van der Waals surface area (Å²) in [7, 11) is 0. The highest BCUT2D eigenvalue weighted by Crippen LogP contribution is 2.17. The summed E-state index contributed by atoms with van der Waals surface area (Å²) in [4.78, 5) is 14.4. The van der Waals surface area contributed by atoms with Crippen LogP contribution >= 0.6 is 0 Å². The molecular weight excluding hydrogens is 260 g/mol. The minimum absolute atomic E-state index is 0.0470. The van der Waals surface area contributed by atoms with Crippen LogP contribution in [0.2, 0.25) is 0 Å². The lowest BCUT2D eigenvalue weighted by Gasteiger charge is -2.31. The molecule has 0 fully saturated rings. The van der Waals surface area contributed by atoms with E-state index in [4.69, 9.17) is 0 Å². The molecule has 0 aliphatic heterocycles. The van der Waals surface area contributed by atoms with Crippen molar-refractivity contribution in [1.82, 2.24) is 5.32 Å². The molecule has 0 aliphatic carbocycles. The molecule has 110 valence electrons. The predicted molar refractivity (Wildman–Crippen MR) is 87.6 cm³/mol. The molecule has 21 heavy (non-hydrogen) atoms. The highest BCUT2D eigenvalue weighted by molar-refractivity contribution is 5.94. The molecule has 2 aromatic carbocycles. The fourth-order valence-electron chi connectivity index (χ4n) is 2.43. The van der Waals surface area contributed by atoms with E-state index in [2.05, 4.69) is 42.3 Å². The van der Waals surface area contributed by atoms with Crippen LogP contribution in [-0.4, -0.2) is 18.6 Å². The van der Waals surface area contributed by atoms with Gasteiger partial charge in [-0.3, -0.25) is 4.79 Å². The Bertz CT molecular complexity index is 595. The van der Waals surface area contributed by atoms with Gasteiger partial charge < -0.3 is 10.2 Å². The van der Waals surface area contributed by atoms with E-state index in [0.29, 0.717) is 5.56 Å². The highest BCUT2D eigenvalue weighted by Gasteiger charge is 2.16. The summed E-state index contributed by atoms with van der Waals surface area (Å²) in [5, 5.41) is 3.05. The monoisotopic (exact) mass is 282 g/mol. The predicted octanol–water partition coefficient (Wildman–Crippen LogP) is 3.60. The third-order valence-electron chi connectivity index (χ3n) is 3.52. The first-order valence-corrected chi connectivity index (χ1v) is 7.31. The van der Waals surface area contributed by atoms with Crippen molar-refractivity contribution in [3.8, 4) is 0 Å². The van der Waals surface area contributed by atoms with Gasteiger partial charge in [0.1, 0.15) is 0 Å². The van der Waals surface area contributed by atoms with E-state index in [-0.39, 0.29) is 12.1 Å². The molecule has 3 nitrogen and oxygen atoms in total. The molecule has 0 heterocycles. The lowest BCUT2D eigenvalue weighted by atomic mass is 10.2. The van der Waals surface area contributed by atoms with Gasteiger partial charge in [-0.1, -0.05) is 30.3 Å². The molecular formula is C18H22N2O. The van der Waals surface area contributed by atoms with Crippen molar-refractivity contribution < 1.29 is 4.79 Å². The zero-order chi connectivity index (χ0) is 15.2. The Morgan fingerprint density at radius 3 is 2.48 bits per heavy atom. The minimum Gasteiger partial charge on any atom is -0.352 e. The molecule has 1 N–H and O–H groups in total. The van der Waals surface area contributed by atoms with Gasteiger partial charge in [0.2, 0.25) is 0 Å². The van der Waals surface area contributed by atoms with Crippen molar-refractivity contribution in [2.24, 2.45) is 0 Å². The summed E-state index contributed by atoms with van der Waals surface area (Å²) >= 11 is 0. The number of carbonyl (C=O) groups excluding carboxylic acids is 1. The number of hydrogen-bond acceptors (Lipinski definition) is 2. The summed E-state index contributed by atoms with van der Waals surface area (Å²) < 4.78 is 0. The Kier molecular flexibility index (Phi) is 4.99. The second kappa shape index (κ2) is 6.93. The zero-order valence-electron chi connectivity index (χ0n) is 12.8. The van der Waals surface area contributed by atoms with E-state index in [1.807, 2.05) is 43.3 Å². The van der Waals surface area contributed by atoms with Gasteiger partial charge in [0.25, 0.3) is 5.91 Å². The van der Waals surface area contributed by atoms with E-state index in [0.717, 1.165) is 12.2 Å². The highest BCUT2D eigenvalue weighted by atomic mass is 16.1. The van der Waals surface area contributed by atoms with Crippen molar-refractivity contribution in [1.29, 1.82) is 0 Å². The topological polar surface area (TPSA) is 32.3 Å². The quantitative estimate of drug-likeness (QED) is 0.850. The summed E-state index contributed by atoms with van der Waals surface area (Å²) in [6, 6.07) is 17.6. The summed E-state index contributed by atoms with van der Waals surface area (Å²) in [5.41, 5.74) is 3.02. The van der Waals surface area contributed by atoms with Gasteiger partial charge in [0.15, 0.2) is 0 Å². The molecule has 2 aromatic rings. The number of nitrogens with one attached hydrogen (secondary N) is 1. The molecule has 1 atom stereocenters. The molecule has 2 rings (SSSR count). The number of carbonyl (C=O) groups is 1. The number of aryl methyl sites for hydroxylation is 1. The Balaban J connectivity index is 2.10. The number of rotatable bonds is 5. The van der Waals surface area contributed by atoms with Crippen molar-refractivity contribution in [2.75, 3.05) is 11.4 Å². The van der Waals surface area contributed by atoms with Gasteiger partial charge in [-0.05, 0) is 50.6 Å². The first kappa shape index (κ1) is 15.1. The maximum atomic E-state index is 12.2. The van der Waals surface area contributed by atoms with E-state index < -0.39 is 0 Å². The molecule has 0 bridgehead atoms. The van der Waals surface area contributed by atoms with Gasteiger partial charge in [-0.25, -0.2) is 0 Å². The van der Waals surface area contributed by atoms with Gasteiger partial charge >= 0.3 is 0 Å². The third kappa shape index (κ3) is 3.85. The number of benzene rings is 2. The fourth-order valence-corrected chi connectivity index (χ4v) is 2.43. The molecule has 1 amide bonds. The Morgan fingerprint density at radius 1 is 1.14 bits per heavy atom. The lowest BCUT2D eigenvalue weighted by molar-refractivity contribution is 0.0939. The maximum absolute atomic E-state index is 12.2. The lowest BCUT2D eigenvalue weighted by Crippen LogP contribution is -2.46.